The van der Waals surface area contributed by atoms with Crippen LogP contribution in [0.15, 0.2) is 24.5 Å². The number of halogens is 4. The lowest BCUT2D eigenvalue weighted by Crippen LogP contribution is -2.15. The molecule has 28 heavy (non-hydrogen) atoms. The predicted molar refractivity (Wildman–Crippen MR) is 94.6 cm³/mol. The van der Waals surface area contributed by atoms with Gasteiger partial charge in [0.05, 0.1) is 29.0 Å². The van der Waals surface area contributed by atoms with Gasteiger partial charge < -0.3 is 5.32 Å². The zero-order valence-corrected chi connectivity index (χ0v) is 14.6. The molecule has 0 saturated heterocycles. The molecule has 142 valence electrons. The minimum atomic E-state index is -1.21. The zero-order chi connectivity index (χ0) is 19.6. The molecule has 1 fully saturated rings. The summed E-state index contributed by atoms with van der Waals surface area (Å²) in [6, 6.07) is 3.12. The summed E-state index contributed by atoms with van der Waals surface area (Å²) in [4.78, 5) is 16.0. The van der Waals surface area contributed by atoms with Crippen molar-refractivity contribution in [1.29, 1.82) is 0 Å². The maximum atomic E-state index is 14.2. The molecule has 2 N–H and O–H groups in total. The van der Waals surface area contributed by atoms with Crippen LogP contribution in [-0.4, -0.2) is 36.9 Å². The highest BCUT2D eigenvalue weighted by Crippen LogP contribution is 2.38. The number of hydrogen-bond acceptors (Lipinski definition) is 4. The lowest BCUT2D eigenvalue weighted by molar-refractivity contribution is -0.117. The Hall–Kier alpha value is -3.14. The second-order valence-electron chi connectivity index (χ2n) is 6.47. The summed E-state index contributed by atoms with van der Waals surface area (Å²) >= 11 is 6.04. The molecule has 1 saturated carbocycles. The van der Waals surface area contributed by atoms with Gasteiger partial charge in [-0.1, -0.05) is 11.6 Å². The van der Waals surface area contributed by atoms with Gasteiger partial charge in [-0.05, 0) is 18.6 Å². The molecule has 11 heteroatoms. The van der Waals surface area contributed by atoms with Gasteiger partial charge >= 0.3 is 0 Å². The highest BCUT2D eigenvalue weighted by Gasteiger charge is 2.43. The van der Waals surface area contributed by atoms with E-state index in [0.29, 0.717) is 5.65 Å². The molecule has 0 radical (unpaired) electrons. The number of alkyl halides is 1. The molecule has 1 aliphatic rings. The minimum absolute atomic E-state index is 0.123. The Kier molecular flexibility index (Phi) is 3.60. The zero-order valence-electron chi connectivity index (χ0n) is 13.9. The van der Waals surface area contributed by atoms with Crippen LogP contribution in [0.3, 0.4) is 0 Å². The molecule has 3 aromatic heterocycles. The van der Waals surface area contributed by atoms with Crippen LogP contribution >= 0.6 is 11.6 Å². The number of fused-ring (bicyclic) bond motifs is 2. The molecule has 2 atom stereocenters. The molecule has 7 nitrogen and oxygen atoms in total. The first-order chi connectivity index (χ1) is 13.4. The van der Waals surface area contributed by atoms with Crippen molar-refractivity contribution < 1.29 is 18.0 Å². The average Bonchev–Trinajstić information content (AvgIpc) is 3.06. The molecular formula is C17H10ClF3N6O. The van der Waals surface area contributed by atoms with Gasteiger partial charge in [0.15, 0.2) is 23.1 Å². The van der Waals surface area contributed by atoms with E-state index in [0.717, 1.165) is 0 Å². The predicted octanol–water partition coefficient (Wildman–Crippen LogP) is 3.50. The molecule has 2 unspecified atom stereocenters. The van der Waals surface area contributed by atoms with Crippen molar-refractivity contribution in [2.24, 2.45) is 5.92 Å². The van der Waals surface area contributed by atoms with Crippen LogP contribution in [0.2, 0.25) is 5.02 Å². The minimum Gasteiger partial charge on any atom is -0.309 e. The van der Waals surface area contributed by atoms with E-state index in [9.17, 15) is 18.0 Å². The molecule has 0 bridgehead atoms. The highest BCUT2D eigenvalue weighted by molar-refractivity contribution is 6.35. The number of aromatic nitrogens is 5. The fraction of sp³-hybridized carbons (Fsp3) is 0.176. The number of carbonyl (C=O) groups is 1. The Morgan fingerprint density at radius 2 is 2.11 bits per heavy atom. The third kappa shape index (κ3) is 2.52. The van der Waals surface area contributed by atoms with E-state index >= 15 is 0 Å². The fourth-order valence-corrected chi connectivity index (χ4v) is 3.34. The first-order valence-electron chi connectivity index (χ1n) is 8.25. The van der Waals surface area contributed by atoms with Gasteiger partial charge in [-0.15, -0.1) is 0 Å². The summed E-state index contributed by atoms with van der Waals surface area (Å²) in [5.41, 5.74) is 0.698. The van der Waals surface area contributed by atoms with E-state index in [2.05, 4.69) is 25.6 Å². The Labute approximate surface area is 159 Å². The Bertz CT molecular complexity index is 1270. The monoisotopic (exact) mass is 406 g/mol. The standard InChI is InChI=1S/C17H10ClF3N6O/c18-13-12(7-4-22-25-16(7)15(21)14(13)20)9-1-2-11-23-10(5-27(11)26-9)24-17(28)6-3-8(6)19/h1-2,4-6,8H,3H2,(H,22,25)(H,24,28). The number of nitrogens with one attached hydrogen (secondary N) is 2. The second-order valence-corrected chi connectivity index (χ2v) is 6.85. The lowest BCUT2D eigenvalue weighted by atomic mass is 10.1. The summed E-state index contributed by atoms with van der Waals surface area (Å²) in [5, 5.41) is 12.9. The van der Waals surface area contributed by atoms with Crippen molar-refractivity contribution in [3.05, 3.63) is 41.2 Å². The number of hydrogen-bond donors (Lipinski definition) is 2. The highest BCUT2D eigenvalue weighted by atomic mass is 35.5. The van der Waals surface area contributed by atoms with E-state index in [1.165, 1.54) is 23.0 Å². The van der Waals surface area contributed by atoms with Crippen molar-refractivity contribution in [3.8, 4) is 11.3 Å². The molecule has 1 amide bonds. The smallest absolute Gasteiger partial charge is 0.231 e. The fourth-order valence-electron chi connectivity index (χ4n) is 3.06. The van der Waals surface area contributed by atoms with Crippen LogP contribution in [0.5, 0.6) is 0 Å². The van der Waals surface area contributed by atoms with Gasteiger partial charge in [-0.3, -0.25) is 9.89 Å². The number of aromatic amines is 1. The van der Waals surface area contributed by atoms with Crippen LogP contribution in [-0.2, 0) is 4.79 Å². The van der Waals surface area contributed by atoms with Crippen LogP contribution in [0.4, 0.5) is 19.0 Å². The maximum Gasteiger partial charge on any atom is 0.231 e. The number of H-pyrrole nitrogens is 1. The van der Waals surface area contributed by atoms with E-state index in [1.54, 1.807) is 6.07 Å². The number of carbonyl (C=O) groups excluding carboxylic acids is 1. The average molecular weight is 407 g/mol. The molecule has 0 spiro atoms. The van der Waals surface area contributed by atoms with Crippen LogP contribution in [0.25, 0.3) is 27.8 Å². The number of rotatable bonds is 3. The van der Waals surface area contributed by atoms with Gasteiger partial charge in [0.25, 0.3) is 0 Å². The maximum absolute atomic E-state index is 14.2. The number of amides is 1. The van der Waals surface area contributed by atoms with Gasteiger partial charge in [0.1, 0.15) is 11.7 Å². The van der Waals surface area contributed by atoms with E-state index in [4.69, 9.17) is 11.6 Å². The van der Waals surface area contributed by atoms with Crippen molar-refractivity contribution >= 4 is 39.9 Å². The topological polar surface area (TPSA) is 88.0 Å². The molecule has 0 aliphatic heterocycles. The summed E-state index contributed by atoms with van der Waals surface area (Å²) in [6.07, 6.45) is 1.85. The number of benzene rings is 1. The number of imidazole rings is 1. The van der Waals surface area contributed by atoms with Crippen molar-refractivity contribution in [3.63, 3.8) is 0 Å². The van der Waals surface area contributed by atoms with E-state index in [1.807, 2.05) is 0 Å². The van der Waals surface area contributed by atoms with Crippen LogP contribution in [0, 0.1) is 17.6 Å². The Morgan fingerprint density at radius 1 is 1.32 bits per heavy atom. The van der Waals surface area contributed by atoms with Crippen molar-refractivity contribution in [2.75, 3.05) is 5.32 Å². The molecular weight excluding hydrogens is 397 g/mol. The molecule has 5 rings (SSSR count). The Morgan fingerprint density at radius 3 is 2.86 bits per heavy atom. The summed E-state index contributed by atoms with van der Waals surface area (Å²) < 4.78 is 42.6. The van der Waals surface area contributed by atoms with Crippen molar-refractivity contribution in [1.82, 2.24) is 24.8 Å². The van der Waals surface area contributed by atoms with E-state index < -0.39 is 34.7 Å². The summed E-state index contributed by atoms with van der Waals surface area (Å²) in [5.74, 6) is -3.22. The molecule has 1 aliphatic carbocycles. The Balaban J connectivity index is 1.58. The van der Waals surface area contributed by atoms with Gasteiger partial charge in [0.2, 0.25) is 5.91 Å². The quantitative estimate of drug-likeness (QED) is 0.510. The van der Waals surface area contributed by atoms with Gasteiger partial charge in [-0.25, -0.2) is 22.7 Å². The first kappa shape index (κ1) is 17.0. The largest absolute Gasteiger partial charge is 0.309 e. The number of anilines is 1. The summed E-state index contributed by atoms with van der Waals surface area (Å²) in [6.45, 7) is 0. The van der Waals surface area contributed by atoms with Gasteiger partial charge in [-0.2, -0.15) is 10.2 Å². The third-order valence-corrected chi connectivity index (χ3v) is 4.96. The lowest BCUT2D eigenvalue weighted by Gasteiger charge is -2.08. The van der Waals surface area contributed by atoms with Crippen LogP contribution in [0.1, 0.15) is 6.42 Å². The van der Waals surface area contributed by atoms with Crippen molar-refractivity contribution in [2.45, 2.75) is 12.6 Å². The second kappa shape index (κ2) is 5.93. The molecule has 4 aromatic rings. The normalized spacial score (nSPS) is 18.7. The number of nitrogens with zero attached hydrogens (tertiary/aromatic N) is 4. The SMILES string of the molecule is O=C(Nc1cn2nc(-c3c(Cl)c(F)c(F)c4[nH]ncc34)ccc2n1)C1CC1F. The van der Waals surface area contributed by atoms with E-state index in [-0.39, 0.29) is 34.4 Å². The molecule has 1 aromatic carbocycles. The van der Waals surface area contributed by atoms with Gasteiger partial charge in [0, 0.05) is 10.9 Å². The summed E-state index contributed by atoms with van der Waals surface area (Å²) in [7, 11) is 0. The van der Waals surface area contributed by atoms with Crippen LogP contribution < -0.4 is 5.32 Å². The molecule has 3 heterocycles. The first-order valence-corrected chi connectivity index (χ1v) is 8.63. The third-order valence-electron chi connectivity index (χ3n) is 4.61.